The molecule has 0 radical (unpaired) electrons. The van der Waals surface area contributed by atoms with Gasteiger partial charge in [-0.3, -0.25) is 4.90 Å². The summed E-state index contributed by atoms with van der Waals surface area (Å²) in [6, 6.07) is 2.78. The minimum absolute atomic E-state index is 0.925. The minimum Gasteiger partial charge on any atom is -0.294 e. The summed E-state index contributed by atoms with van der Waals surface area (Å²) >= 11 is 0. The predicted octanol–water partition coefficient (Wildman–Crippen LogP) is 17.1. The van der Waals surface area contributed by atoms with Gasteiger partial charge in [0.25, 0.3) is 0 Å². The van der Waals surface area contributed by atoms with Crippen LogP contribution in [0.15, 0.2) is 0 Å². The molecule has 0 aromatic rings. The van der Waals surface area contributed by atoms with E-state index in [0.717, 1.165) is 131 Å². The van der Waals surface area contributed by atoms with Crippen molar-refractivity contribution in [3.63, 3.8) is 0 Å². The maximum atomic E-state index is 3.47. The second-order valence-corrected chi connectivity index (χ2v) is 28.0. The molecule has 13 aliphatic rings. The highest BCUT2D eigenvalue weighted by atomic mass is 15.2. The summed E-state index contributed by atoms with van der Waals surface area (Å²) in [5.41, 5.74) is 0. The monoisotopic (exact) mass is 860 g/mol. The Morgan fingerprint density at radius 2 is 0.524 bits per heavy atom. The Morgan fingerprint density at radius 3 is 1.10 bits per heavy atom. The molecular formula is C62H101N. The molecule has 13 rings (SSSR count). The van der Waals surface area contributed by atoms with E-state index in [4.69, 9.17) is 0 Å². The highest BCUT2D eigenvalue weighted by Crippen LogP contribution is 2.64. The highest BCUT2D eigenvalue weighted by molar-refractivity contribution is 5.06. The minimum atomic E-state index is 0.925. The first-order chi connectivity index (χ1) is 31.2. The van der Waals surface area contributed by atoms with Crippen LogP contribution < -0.4 is 0 Å². The fourth-order valence-corrected chi connectivity index (χ4v) is 24.1. The zero-order chi connectivity index (χ0) is 41.4. The van der Waals surface area contributed by atoms with Gasteiger partial charge in [-0.1, -0.05) is 89.9 Å². The first-order valence-corrected chi connectivity index (χ1v) is 31.0. The molecule has 0 saturated heterocycles. The average Bonchev–Trinajstić information content (AvgIpc) is 3.35. The van der Waals surface area contributed by atoms with Crippen LogP contribution in [0.4, 0.5) is 0 Å². The van der Waals surface area contributed by atoms with E-state index in [1.807, 2.05) is 0 Å². The predicted molar refractivity (Wildman–Crippen MR) is 263 cm³/mol. The molecule has 0 aromatic carbocycles. The maximum Gasteiger partial charge on any atom is 0.0101 e. The Balaban J connectivity index is 0.713. The van der Waals surface area contributed by atoms with Crippen LogP contribution in [0.3, 0.4) is 0 Å². The Bertz CT molecular complexity index is 1460. The van der Waals surface area contributed by atoms with Crippen molar-refractivity contribution in [2.45, 2.75) is 269 Å². The van der Waals surface area contributed by atoms with Gasteiger partial charge < -0.3 is 0 Å². The molecule has 1 heteroatoms. The molecule has 354 valence electrons. The third-order valence-corrected chi connectivity index (χ3v) is 26.2. The number of hydrogen-bond donors (Lipinski definition) is 0. The highest BCUT2D eigenvalue weighted by Gasteiger charge is 2.56. The topological polar surface area (TPSA) is 3.24 Å². The first kappa shape index (κ1) is 43.0. The second-order valence-electron chi connectivity index (χ2n) is 28.0. The molecule has 0 spiro atoms. The van der Waals surface area contributed by atoms with E-state index in [0.29, 0.717) is 0 Å². The van der Waals surface area contributed by atoms with Gasteiger partial charge in [0.15, 0.2) is 0 Å². The third kappa shape index (κ3) is 7.99. The Morgan fingerprint density at radius 1 is 0.175 bits per heavy atom. The summed E-state index contributed by atoms with van der Waals surface area (Å²) in [5, 5.41) is 0. The van der Waals surface area contributed by atoms with Crippen molar-refractivity contribution in [3.8, 4) is 0 Å². The van der Waals surface area contributed by atoms with E-state index in [-0.39, 0.29) is 0 Å². The summed E-state index contributed by atoms with van der Waals surface area (Å²) in [6.45, 7) is 0. The lowest BCUT2D eigenvalue weighted by Gasteiger charge is -2.60. The maximum absolute atomic E-state index is 3.47. The van der Waals surface area contributed by atoms with Crippen molar-refractivity contribution in [3.05, 3.63) is 0 Å². The second kappa shape index (κ2) is 18.7. The van der Waals surface area contributed by atoms with E-state index >= 15 is 0 Å². The molecule has 16 unspecified atom stereocenters. The summed E-state index contributed by atoms with van der Waals surface area (Å²) in [7, 11) is 0. The van der Waals surface area contributed by atoms with Crippen LogP contribution in [0.2, 0.25) is 0 Å². The van der Waals surface area contributed by atoms with Crippen LogP contribution in [0.5, 0.6) is 0 Å². The Hall–Kier alpha value is -0.0400. The standard InChI is InChI=1S/C62H101N/c1-4-15-52-48(12-1)39-59(57-19-8-7-18-56(52)57)41-24-32-50(33-25-41)63(51-34-26-44(27-35-51)61-54-16-5-2-10-46(54)38-47-11-3-6-17-55(47)61)49-30-22-40(23-31-49)53-36-28-45-21-20-42-13-9-14-43-29-37-58(53)62(45)60(42)43/h40-62H,1-39H2. The van der Waals surface area contributed by atoms with Gasteiger partial charge in [-0.25, -0.2) is 0 Å². The van der Waals surface area contributed by atoms with E-state index in [9.17, 15) is 0 Å². The number of hydrogen-bond acceptors (Lipinski definition) is 1. The number of rotatable bonds is 6. The summed E-state index contributed by atoms with van der Waals surface area (Å²) in [6.07, 6.45) is 62.5. The van der Waals surface area contributed by atoms with Crippen molar-refractivity contribution in [1.29, 1.82) is 0 Å². The van der Waals surface area contributed by atoms with Gasteiger partial charge in [-0.15, -0.1) is 0 Å². The lowest BCUT2D eigenvalue weighted by molar-refractivity contribution is -0.111. The van der Waals surface area contributed by atoms with Crippen LogP contribution in [0.25, 0.3) is 0 Å². The van der Waals surface area contributed by atoms with Crippen LogP contribution >= 0.6 is 0 Å². The van der Waals surface area contributed by atoms with Gasteiger partial charge >= 0.3 is 0 Å². The zero-order valence-corrected chi connectivity index (χ0v) is 41.3. The van der Waals surface area contributed by atoms with Crippen molar-refractivity contribution in [2.24, 2.45) is 118 Å². The van der Waals surface area contributed by atoms with Crippen molar-refractivity contribution in [2.75, 3.05) is 0 Å². The van der Waals surface area contributed by atoms with Crippen molar-refractivity contribution >= 4 is 0 Å². The molecule has 1 nitrogen and oxygen atoms in total. The Kier molecular flexibility index (Phi) is 12.8. The van der Waals surface area contributed by atoms with E-state index in [1.165, 1.54) is 5.92 Å². The van der Waals surface area contributed by atoms with Crippen molar-refractivity contribution in [1.82, 2.24) is 4.90 Å². The SMILES string of the molecule is C1CCC2C(C1)CC(C1CCC(N(C3CCC(C4CCC5CCC6CCCC7CCC4C5C67)CC3)C3CCC(C4C5CCCCC5CC5CCCCC54)CC3)CC1)C1CCCCC21. The molecule has 0 amide bonds. The van der Waals surface area contributed by atoms with Crippen molar-refractivity contribution < 1.29 is 0 Å². The third-order valence-electron chi connectivity index (χ3n) is 26.2. The first-order valence-electron chi connectivity index (χ1n) is 31.0. The van der Waals surface area contributed by atoms with Crippen LogP contribution in [-0.4, -0.2) is 23.0 Å². The number of nitrogens with zero attached hydrogens (tertiary/aromatic N) is 1. The van der Waals surface area contributed by atoms with Gasteiger partial charge in [0, 0.05) is 18.1 Å². The molecule has 0 aromatic heterocycles. The molecule has 13 fully saturated rings. The van der Waals surface area contributed by atoms with Crippen LogP contribution in [0.1, 0.15) is 250 Å². The smallest absolute Gasteiger partial charge is 0.0101 e. The molecule has 13 saturated carbocycles. The summed E-state index contributed by atoms with van der Waals surface area (Å²) in [4.78, 5) is 3.47. The van der Waals surface area contributed by atoms with Gasteiger partial charge in [-0.2, -0.15) is 0 Å². The van der Waals surface area contributed by atoms with E-state index in [2.05, 4.69) is 4.90 Å². The number of fused-ring (bicyclic) bond motifs is 5. The van der Waals surface area contributed by atoms with E-state index < -0.39 is 0 Å². The lowest BCUT2D eigenvalue weighted by Crippen LogP contribution is -2.55. The average molecular weight is 860 g/mol. The molecule has 0 N–H and O–H groups in total. The fraction of sp³-hybridized carbons (Fsp3) is 1.00. The lowest BCUT2D eigenvalue weighted by atomic mass is 9.45. The fourth-order valence-electron chi connectivity index (χ4n) is 24.1. The molecule has 13 aliphatic carbocycles. The molecule has 16 atom stereocenters. The molecule has 0 aliphatic heterocycles. The van der Waals surface area contributed by atoms with Crippen LogP contribution in [0, 0.1) is 118 Å². The molecule has 0 heterocycles. The Labute approximate surface area is 390 Å². The largest absolute Gasteiger partial charge is 0.294 e. The zero-order valence-electron chi connectivity index (χ0n) is 41.3. The summed E-state index contributed by atoms with van der Waals surface area (Å²) < 4.78 is 0. The summed E-state index contributed by atoms with van der Waals surface area (Å²) in [5.74, 6) is 22.4. The van der Waals surface area contributed by atoms with Crippen LogP contribution in [-0.2, 0) is 0 Å². The molecule has 63 heavy (non-hydrogen) atoms. The van der Waals surface area contributed by atoms with Gasteiger partial charge in [0.1, 0.15) is 0 Å². The van der Waals surface area contributed by atoms with Gasteiger partial charge in [-0.05, 0) is 279 Å². The molecule has 0 bridgehead atoms. The quantitative estimate of drug-likeness (QED) is 0.257. The van der Waals surface area contributed by atoms with Gasteiger partial charge in [0.05, 0.1) is 0 Å². The van der Waals surface area contributed by atoms with Gasteiger partial charge in [0.2, 0.25) is 0 Å². The molecular weight excluding hydrogens is 759 g/mol. The normalized spacial score (nSPS) is 54.7. The van der Waals surface area contributed by atoms with E-state index in [1.54, 1.807) is 250 Å².